The number of sulfone groups is 1. The molecule has 3 rings (SSSR count). The maximum Gasteiger partial charge on any atom is 0.418 e. The number of alkyl halides is 3. The number of nitrogens with one attached hydrogen (secondary N) is 1. The van der Waals surface area contributed by atoms with Crippen LogP contribution in [0.5, 0.6) is 0 Å². The standard InChI is InChI=1S/C22H20F3N3O4S/c1-15-14-19(29)20(27-28(15)18-11-6-5-10-17(18)22(23,24)25)21(30)26-12-7-13-33(31,32)16-8-3-2-4-9-16/h2-6,8-11,14H,7,12-13H2,1H3,(H,26,30). The zero-order valence-electron chi connectivity index (χ0n) is 17.5. The van der Waals surface area contributed by atoms with E-state index in [4.69, 9.17) is 0 Å². The number of nitrogens with zero attached hydrogens (tertiary/aromatic N) is 2. The molecule has 1 heterocycles. The van der Waals surface area contributed by atoms with Gasteiger partial charge in [-0.25, -0.2) is 13.1 Å². The number of hydrogen-bond acceptors (Lipinski definition) is 5. The Morgan fingerprint density at radius 1 is 1.06 bits per heavy atom. The van der Waals surface area contributed by atoms with Crippen LogP contribution in [-0.4, -0.2) is 36.4 Å². The Labute approximate surface area is 187 Å². The van der Waals surface area contributed by atoms with Crippen LogP contribution in [0.25, 0.3) is 5.69 Å². The molecule has 11 heteroatoms. The molecule has 0 saturated carbocycles. The fourth-order valence-electron chi connectivity index (χ4n) is 3.14. The third-order valence-electron chi connectivity index (χ3n) is 4.74. The van der Waals surface area contributed by atoms with E-state index >= 15 is 0 Å². The topological polar surface area (TPSA) is 98.1 Å². The van der Waals surface area contributed by atoms with Gasteiger partial charge in [-0.2, -0.15) is 18.3 Å². The number of halogens is 3. The molecule has 33 heavy (non-hydrogen) atoms. The van der Waals surface area contributed by atoms with Crippen LogP contribution in [0.2, 0.25) is 0 Å². The van der Waals surface area contributed by atoms with Crippen molar-refractivity contribution in [2.75, 3.05) is 12.3 Å². The third kappa shape index (κ3) is 5.67. The van der Waals surface area contributed by atoms with Crippen molar-refractivity contribution in [3.05, 3.63) is 87.8 Å². The van der Waals surface area contributed by atoms with Crippen LogP contribution >= 0.6 is 0 Å². The smallest absolute Gasteiger partial charge is 0.350 e. The van der Waals surface area contributed by atoms with Crippen LogP contribution in [0, 0.1) is 6.92 Å². The minimum atomic E-state index is -4.67. The van der Waals surface area contributed by atoms with Crippen LogP contribution < -0.4 is 10.7 Å². The molecule has 0 spiro atoms. The summed E-state index contributed by atoms with van der Waals surface area (Å²) in [5, 5.41) is 6.27. The van der Waals surface area contributed by atoms with Crippen LogP contribution in [0.3, 0.4) is 0 Å². The number of hydrogen-bond donors (Lipinski definition) is 1. The lowest BCUT2D eigenvalue weighted by Gasteiger charge is -2.16. The van der Waals surface area contributed by atoms with E-state index in [9.17, 15) is 31.2 Å². The maximum atomic E-state index is 13.4. The van der Waals surface area contributed by atoms with Gasteiger partial charge < -0.3 is 5.32 Å². The summed E-state index contributed by atoms with van der Waals surface area (Å²) in [5.74, 6) is -1.14. The molecule has 2 aromatic carbocycles. The van der Waals surface area contributed by atoms with Gasteiger partial charge in [-0.15, -0.1) is 0 Å². The second kappa shape index (κ2) is 9.57. The summed E-state index contributed by atoms with van der Waals surface area (Å²) in [6.45, 7) is 1.33. The lowest BCUT2D eigenvalue weighted by Crippen LogP contribution is -2.33. The summed E-state index contributed by atoms with van der Waals surface area (Å²) in [6, 6.07) is 13.5. The predicted octanol–water partition coefficient (Wildman–Crippen LogP) is 3.15. The van der Waals surface area contributed by atoms with Gasteiger partial charge in [-0.05, 0) is 37.6 Å². The molecule has 0 fully saturated rings. The van der Waals surface area contributed by atoms with Crippen LogP contribution in [0.1, 0.15) is 28.2 Å². The zero-order valence-corrected chi connectivity index (χ0v) is 18.3. The third-order valence-corrected chi connectivity index (χ3v) is 6.55. The van der Waals surface area contributed by atoms with Gasteiger partial charge in [0.1, 0.15) is 0 Å². The Kier molecular flexibility index (Phi) is 7.01. The molecule has 0 aliphatic carbocycles. The lowest BCUT2D eigenvalue weighted by molar-refractivity contribution is -0.137. The first-order chi connectivity index (χ1) is 15.5. The van der Waals surface area contributed by atoms with Gasteiger partial charge in [0.25, 0.3) is 5.91 Å². The van der Waals surface area contributed by atoms with Crippen LogP contribution in [-0.2, 0) is 16.0 Å². The van der Waals surface area contributed by atoms with Crippen LogP contribution in [0.4, 0.5) is 13.2 Å². The highest BCUT2D eigenvalue weighted by Crippen LogP contribution is 2.33. The highest BCUT2D eigenvalue weighted by atomic mass is 32.2. The summed E-state index contributed by atoms with van der Waals surface area (Å²) >= 11 is 0. The first-order valence-electron chi connectivity index (χ1n) is 9.84. The molecular formula is C22H20F3N3O4S. The number of carbonyl (C=O) groups excluding carboxylic acids is 1. The first-order valence-corrected chi connectivity index (χ1v) is 11.5. The zero-order chi connectivity index (χ0) is 24.2. The molecule has 3 aromatic rings. The lowest BCUT2D eigenvalue weighted by atomic mass is 10.1. The van der Waals surface area contributed by atoms with E-state index in [2.05, 4.69) is 10.4 Å². The Bertz CT molecular complexity index is 1320. The minimum absolute atomic E-state index is 0.0694. The van der Waals surface area contributed by atoms with Gasteiger partial charge in [0.15, 0.2) is 15.5 Å². The molecule has 0 unspecified atom stereocenters. The van der Waals surface area contributed by atoms with Gasteiger partial charge in [0.2, 0.25) is 5.43 Å². The summed E-state index contributed by atoms with van der Waals surface area (Å²) < 4.78 is 65.6. The van der Waals surface area contributed by atoms with Crippen molar-refractivity contribution in [2.45, 2.75) is 24.4 Å². The van der Waals surface area contributed by atoms with Crippen molar-refractivity contribution < 1.29 is 26.4 Å². The van der Waals surface area contributed by atoms with Gasteiger partial charge in [-0.3, -0.25) is 9.59 Å². The first kappa shape index (κ1) is 24.2. The van der Waals surface area contributed by atoms with Gasteiger partial charge in [0, 0.05) is 18.3 Å². The second-order valence-corrected chi connectivity index (χ2v) is 9.28. The summed E-state index contributed by atoms with van der Waals surface area (Å²) in [7, 11) is -3.54. The highest BCUT2D eigenvalue weighted by molar-refractivity contribution is 7.91. The Morgan fingerprint density at radius 2 is 1.70 bits per heavy atom. The van der Waals surface area contributed by atoms with E-state index in [1.165, 1.54) is 37.3 Å². The number of rotatable bonds is 7. The quantitative estimate of drug-likeness (QED) is 0.525. The Hall–Kier alpha value is -3.47. The average Bonchev–Trinajstić information content (AvgIpc) is 2.77. The summed E-state index contributed by atoms with van der Waals surface area (Å²) in [5.41, 5.74) is -2.54. The number of aryl methyl sites for hydroxylation is 1. The normalized spacial score (nSPS) is 11.9. The summed E-state index contributed by atoms with van der Waals surface area (Å²) in [4.78, 5) is 24.9. The second-order valence-electron chi connectivity index (χ2n) is 7.17. The maximum absolute atomic E-state index is 13.4. The Balaban J connectivity index is 1.77. The number of amides is 1. The van der Waals surface area contributed by atoms with Gasteiger partial charge >= 0.3 is 6.18 Å². The van der Waals surface area contributed by atoms with E-state index < -0.39 is 38.6 Å². The monoisotopic (exact) mass is 479 g/mol. The SMILES string of the molecule is Cc1cc(=O)c(C(=O)NCCCS(=O)(=O)c2ccccc2)nn1-c1ccccc1C(F)(F)F. The van der Waals surface area contributed by atoms with Gasteiger partial charge in [-0.1, -0.05) is 30.3 Å². The molecular weight excluding hydrogens is 459 g/mol. The molecule has 1 N–H and O–H groups in total. The number of aromatic nitrogens is 2. The van der Waals surface area contributed by atoms with Crippen molar-refractivity contribution in [3.8, 4) is 5.69 Å². The molecule has 1 aromatic heterocycles. The van der Waals surface area contributed by atoms with E-state index in [1.54, 1.807) is 18.2 Å². The summed E-state index contributed by atoms with van der Waals surface area (Å²) in [6.07, 6.45) is -4.60. The Morgan fingerprint density at radius 3 is 2.36 bits per heavy atom. The largest absolute Gasteiger partial charge is 0.418 e. The molecule has 174 valence electrons. The highest BCUT2D eigenvalue weighted by Gasteiger charge is 2.34. The molecule has 0 saturated heterocycles. The average molecular weight is 479 g/mol. The van der Waals surface area contributed by atoms with Crippen molar-refractivity contribution in [2.24, 2.45) is 0 Å². The fourth-order valence-corrected chi connectivity index (χ4v) is 4.47. The number of para-hydroxylation sites is 1. The fraction of sp³-hybridized carbons (Fsp3) is 0.227. The van der Waals surface area contributed by atoms with Crippen molar-refractivity contribution in [1.82, 2.24) is 15.1 Å². The predicted molar refractivity (Wildman–Crippen MR) is 115 cm³/mol. The van der Waals surface area contributed by atoms with E-state index in [0.29, 0.717) is 0 Å². The minimum Gasteiger partial charge on any atom is -0.350 e. The van der Waals surface area contributed by atoms with E-state index in [1.807, 2.05) is 0 Å². The number of benzene rings is 2. The van der Waals surface area contributed by atoms with E-state index in [-0.39, 0.29) is 35.0 Å². The molecule has 0 radical (unpaired) electrons. The van der Waals surface area contributed by atoms with Gasteiger partial charge in [0.05, 0.1) is 21.9 Å². The van der Waals surface area contributed by atoms with Crippen molar-refractivity contribution in [1.29, 1.82) is 0 Å². The number of carbonyl (C=O) groups is 1. The van der Waals surface area contributed by atoms with Crippen molar-refractivity contribution >= 4 is 15.7 Å². The van der Waals surface area contributed by atoms with Crippen molar-refractivity contribution in [3.63, 3.8) is 0 Å². The van der Waals surface area contributed by atoms with Crippen LogP contribution in [0.15, 0.2) is 70.4 Å². The molecule has 0 aliphatic heterocycles. The molecule has 1 amide bonds. The molecule has 0 aliphatic rings. The van der Waals surface area contributed by atoms with E-state index in [0.717, 1.165) is 16.8 Å². The molecule has 7 nitrogen and oxygen atoms in total. The molecule has 0 bridgehead atoms. The molecule has 0 atom stereocenters.